The van der Waals surface area contributed by atoms with Crippen molar-refractivity contribution in [1.29, 1.82) is 0 Å². The first kappa shape index (κ1) is 29.4. The number of fused-ring (bicyclic) bond motifs is 8. The van der Waals surface area contributed by atoms with E-state index in [4.69, 9.17) is 15.8 Å². The zero-order valence-electron chi connectivity index (χ0n) is 25.7. The Labute approximate surface area is 254 Å². The number of carbonyl (C=O) groups is 4. The van der Waals surface area contributed by atoms with Gasteiger partial charge < -0.3 is 15.1 Å². The average molecular weight is 597 g/mol. The van der Waals surface area contributed by atoms with Gasteiger partial charge in [0.05, 0.1) is 33.7 Å². The number of rotatable bonds is 5. The van der Waals surface area contributed by atoms with Crippen LogP contribution in [-0.4, -0.2) is 53.6 Å². The van der Waals surface area contributed by atoms with Crippen LogP contribution in [0.15, 0.2) is 18.2 Å². The molecule has 11 heteroatoms. The highest BCUT2D eigenvalue weighted by molar-refractivity contribution is 6.27. The van der Waals surface area contributed by atoms with E-state index in [1.165, 1.54) is 6.92 Å². The molecule has 0 aliphatic carbocycles. The molecule has 2 aromatic rings. The van der Waals surface area contributed by atoms with Gasteiger partial charge in [0.25, 0.3) is 11.8 Å². The minimum atomic E-state index is -0.965. The van der Waals surface area contributed by atoms with Gasteiger partial charge in [-0.15, -0.1) is 0 Å². The van der Waals surface area contributed by atoms with Crippen LogP contribution >= 0.6 is 0 Å². The topological polar surface area (TPSA) is 175 Å². The molecular weight excluding hydrogens is 560 g/mol. The fraction of sp³-hybridized carbons (Fsp3) is 0.394. The number of hydrogen-bond acceptors (Lipinski definition) is 7. The molecule has 8 bridgehead atoms. The third kappa shape index (κ3) is 4.37. The number of ketones is 1. The molecule has 4 aliphatic heterocycles. The van der Waals surface area contributed by atoms with Crippen LogP contribution in [-0.2, 0) is 9.59 Å². The highest BCUT2D eigenvalue weighted by Gasteiger charge is 2.40. The molecule has 11 nitrogen and oxygen atoms in total. The van der Waals surface area contributed by atoms with E-state index in [0.717, 1.165) is 23.4 Å². The van der Waals surface area contributed by atoms with Crippen molar-refractivity contribution in [2.45, 2.75) is 84.5 Å². The van der Waals surface area contributed by atoms with Gasteiger partial charge in [0.1, 0.15) is 0 Å². The number of hydrogen-bond donors (Lipinski definition) is 4. The Morgan fingerprint density at radius 2 is 1.66 bits per heavy atom. The van der Waals surface area contributed by atoms with E-state index in [1.807, 2.05) is 39.0 Å². The van der Waals surface area contributed by atoms with Crippen molar-refractivity contribution in [3.63, 3.8) is 0 Å². The molecular formula is C33H36N6O5. The number of nitrogens with zero attached hydrogens (tertiary/aromatic N) is 3. The van der Waals surface area contributed by atoms with E-state index in [2.05, 4.69) is 23.8 Å². The van der Waals surface area contributed by atoms with Crippen molar-refractivity contribution < 1.29 is 24.3 Å². The molecule has 0 radical (unpaired) electrons. The van der Waals surface area contributed by atoms with Gasteiger partial charge in [-0.1, -0.05) is 20.8 Å². The lowest BCUT2D eigenvalue weighted by atomic mass is 9.84. The van der Waals surface area contributed by atoms with Gasteiger partial charge >= 0.3 is 5.97 Å². The molecule has 2 amide bonds. The number of nitrogens with two attached hydrogens (primary N) is 1. The Balaban J connectivity index is 1.80. The Morgan fingerprint density at radius 1 is 0.955 bits per heavy atom. The molecule has 0 fully saturated rings. The first-order valence-electron chi connectivity index (χ1n) is 15.0. The summed E-state index contributed by atoms with van der Waals surface area (Å²) < 4.78 is 0. The maximum atomic E-state index is 13.8. The molecule has 5 N–H and O–H groups in total. The fourth-order valence-electron chi connectivity index (χ4n) is 7.19. The Kier molecular flexibility index (Phi) is 7.03. The van der Waals surface area contributed by atoms with Crippen molar-refractivity contribution >= 4 is 45.7 Å². The quantitative estimate of drug-likeness (QED) is 0.202. The van der Waals surface area contributed by atoms with E-state index in [0.29, 0.717) is 55.5 Å². The maximum Gasteiger partial charge on any atom is 0.303 e. The van der Waals surface area contributed by atoms with Crippen LogP contribution in [0, 0.1) is 6.92 Å². The van der Waals surface area contributed by atoms with Crippen LogP contribution in [0.25, 0.3) is 22.2 Å². The number of aliphatic carboxylic acids is 1. The predicted molar refractivity (Wildman–Crippen MR) is 164 cm³/mol. The van der Waals surface area contributed by atoms with Gasteiger partial charge in [0.2, 0.25) is 0 Å². The van der Waals surface area contributed by atoms with Gasteiger partial charge in [-0.2, -0.15) is 0 Å². The lowest BCUT2D eigenvalue weighted by Gasteiger charge is -2.23. The second-order valence-electron chi connectivity index (χ2n) is 12.2. The van der Waals surface area contributed by atoms with Crippen LogP contribution < -0.4 is 5.84 Å². The maximum absolute atomic E-state index is 13.8. The number of imide groups is 1. The smallest absolute Gasteiger partial charge is 0.303 e. The summed E-state index contributed by atoms with van der Waals surface area (Å²) in [6.07, 6.45) is 0.925. The van der Waals surface area contributed by atoms with Crippen LogP contribution in [0.1, 0.15) is 138 Å². The molecule has 0 saturated carbocycles. The van der Waals surface area contributed by atoms with Gasteiger partial charge in [-0.05, 0) is 62.9 Å². The van der Waals surface area contributed by atoms with Crippen LogP contribution in [0.4, 0.5) is 0 Å². The molecule has 2 aromatic heterocycles. The highest BCUT2D eigenvalue weighted by atomic mass is 16.4. The monoisotopic (exact) mass is 596 g/mol. The average Bonchev–Trinajstić information content (AvgIpc) is 3.64. The molecule has 0 aromatic carbocycles. The molecule has 0 saturated heterocycles. The van der Waals surface area contributed by atoms with E-state index < -0.39 is 23.7 Å². The standard InChI is InChI=1S/C33H36N6O5/c1-7-18-13(2)20-12-25-27(17(6)40)15(4)22(36-25)10-21-14(3)19(8-9-26(41)42)30(37-21)29-31-28(32(43)39(34)33(29)44)16(5)23(38-31)11-24(18)35-20/h10-14,18-19,35,38H,7-9,34H2,1-6H3,(H,41,42)/t13?,14?,18-,19+/m1/s1. The molecule has 6 heterocycles. The van der Waals surface area contributed by atoms with Crippen molar-refractivity contribution in [3.8, 4) is 0 Å². The normalized spacial score (nSPS) is 22.0. The minimum absolute atomic E-state index is 0.0984. The zero-order chi connectivity index (χ0) is 31.8. The lowest BCUT2D eigenvalue weighted by Crippen LogP contribution is -2.45. The molecule has 44 heavy (non-hydrogen) atoms. The Morgan fingerprint density at radius 3 is 2.32 bits per heavy atom. The summed E-state index contributed by atoms with van der Waals surface area (Å²) in [7, 11) is 0. The second kappa shape index (κ2) is 10.5. The zero-order valence-corrected chi connectivity index (χ0v) is 25.7. The summed E-state index contributed by atoms with van der Waals surface area (Å²) in [5.74, 6) is 3.21. The van der Waals surface area contributed by atoms with E-state index in [1.54, 1.807) is 0 Å². The van der Waals surface area contributed by atoms with Crippen LogP contribution in [0.2, 0.25) is 0 Å². The summed E-state index contributed by atoms with van der Waals surface area (Å²) in [5, 5.41) is 10.2. The second-order valence-corrected chi connectivity index (χ2v) is 12.2. The molecule has 2 unspecified atom stereocenters. The van der Waals surface area contributed by atoms with Crippen molar-refractivity contribution in [2.75, 3.05) is 0 Å². The first-order valence-corrected chi connectivity index (χ1v) is 15.0. The first-order chi connectivity index (χ1) is 20.8. The third-order valence-corrected chi connectivity index (χ3v) is 9.71. The summed E-state index contributed by atoms with van der Waals surface area (Å²) in [6.45, 7) is 11.4. The number of aromatic nitrogens is 4. The summed E-state index contributed by atoms with van der Waals surface area (Å²) in [4.78, 5) is 68.4. The number of Topliss-reactive ketones (excluding diaryl/α,β-unsaturated/α-hetero) is 1. The SMILES string of the molecule is CC[C@H]1c2cc3[nH]c4c(c5nc(cc6nc(cc([nH]2)C1C)C(C(C)=O)=C6C)C(C)[C@@H]5CCC(=O)O)C(=O)N(N)C(=O)c4c3C. The van der Waals surface area contributed by atoms with Crippen LogP contribution in [0.5, 0.6) is 0 Å². The van der Waals surface area contributed by atoms with Gasteiger partial charge in [-0.25, -0.2) is 15.8 Å². The number of carbonyl (C=O) groups excluding carboxylic acids is 3. The summed E-state index contributed by atoms with van der Waals surface area (Å²) in [6, 6.07) is 5.73. The summed E-state index contributed by atoms with van der Waals surface area (Å²) in [5.41, 5.74) is 7.35. The number of carboxylic acids is 1. The van der Waals surface area contributed by atoms with Crippen molar-refractivity contribution in [2.24, 2.45) is 5.84 Å². The highest BCUT2D eigenvalue weighted by Crippen LogP contribution is 2.45. The number of amides is 2. The van der Waals surface area contributed by atoms with Crippen molar-refractivity contribution in [3.05, 3.63) is 69.1 Å². The Bertz CT molecular complexity index is 1900. The Hall–Kier alpha value is -4.64. The number of H-pyrrole nitrogens is 2. The summed E-state index contributed by atoms with van der Waals surface area (Å²) >= 11 is 0. The lowest BCUT2D eigenvalue weighted by molar-refractivity contribution is -0.137. The number of aromatic amines is 2. The number of aryl methyl sites for hydroxylation is 1. The molecule has 4 atom stereocenters. The van der Waals surface area contributed by atoms with E-state index in [-0.39, 0.29) is 41.9 Å². The number of hydrazine groups is 1. The van der Waals surface area contributed by atoms with E-state index >= 15 is 0 Å². The molecule has 0 spiro atoms. The number of allylic oxidation sites excluding steroid dienone is 2. The van der Waals surface area contributed by atoms with Crippen molar-refractivity contribution in [1.82, 2.24) is 24.9 Å². The molecule has 6 rings (SSSR count). The molecule has 228 valence electrons. The number of nitrogens with one attached hydrogen (secondary N) is 2. The number of carboxylic acid groups (broad SMARTS) is 1. The predicted octanol–water partition coefficient (Wildman–Crippen LogP) is 5.38. The van der Waals surface area contributed by atoms with Gasteiger partial charge in [-0.3, -0.25) is 24.2 Å². The molecule has 4 aliphatic rings. The third-order valence-electron chi connectivity index (χ3n) is 9.71. The fourth-order valence-corrected chi connectivity index (χ4v) is 7.19. The largest absolute Gasteiger partial charge is 0.481 e. The minimum Gasteiger partial charge on any atom is -0.481 e. The van der Waals surface area contributed by atoms with Gasteiger partial charge in [0.15, 0.2) is 5.78 Å². The van der Waals surface area contributed by atoms with E-state index in [9.17, 15) is 24.3 Å². The van der Waals surface area contributed by atoms with Crippen LogP contribution in [0.3, 0.4) is 0 Å². The van der Waals surface area contributed by atoms with Gasteiger partial charge in [0, 0.05) is 58.3 Å².